The van der Waals surface area contributed by atoms with Gasteiger partial charge >= 0.3 is 5.97 Å². The van der Waals surface area contributed by atoms with Crippen LogP contribution >= 0.6 is 0 Å². The van der Waals surface area contributed by atoms with Crippen LogP contribution in [0, 0.1) is 0 Å². The molecule has 0 saturated heterocycles. The van der Waals surface area contributed by atoms with Gasteiger partial charge in [0.05, 0.1) is 5.56 Å². The van der Waals surface area contributed by atoms with Gasteiger partial charge in [-0.1, -0.05) is 19.8 Å². The highest BCUT2D eigenvalue weighted by molar-refractivity contribution is 5.95. The predicted octanol–water partition coefficient (Wildman–Crippen LogP) is 1.70. The molecule has 0 saturated carbocycles. The van der Waals surface area contributed by atoms with E-state index in [9.17, 15) is 9.59 Å². The van der Waals surface area contributed by atoms with E-state index in [-0.39, 0.29) is 17.2 Å². The normalized spacial score (nSPS) is 9.94. The van der Waals surface area contributed by atoms with Crippen LogP contribution in [0.3, 0.4) is 0 Å². The summed E-state index contributed by atoms with van der Waals surface area (Å²) in [7, 11) is 0. The van der Waals surface area contributed by atoms with Crippen molar-refractivity contribution in [3.63, 3.8) is 0 Å². The van der Waals surface area contributed by atoms with E-state index in [0.29, 0.717) is 6.54 Å². The summed E-state index contributed by atoms with van der Waals surface area (Å²) < 4.78 is 0. The number of nitrogens with zero attached hydrogens (tertiary/aromatic N) is 1. The Hall–Kier alpha value is -1.91. The van der Waals surface area contributed by atoms with Gasteiger partial charge in [0.25, 0.3) is 5.91 Å². The SMILES string of the molecule is CCCCCNC(=O)c1cc(C(=O)O)ccn1. The first kappa shape index (κ1) is 13.2. The maximum absolute atomic E-state index is 11.6. The van der Waals surface area contributed by atoms with Crippen molar-refractivity contribution in [2.45, 2.75) is 26.2 Å². The molecule has 1 amide bonds. The van der Waals surface area contributed by atoms with E-state index in [1.807, 2.05) is 0 Å². The van der Waals surface area contributed by atoms with E-state index in [2.05, 4.69) is 17.2 Å². The van der Waals surface area contributed by atoms with E-state index < -0.39 is 5.97 Å². The lowest BCUT2D eigenvalue weighted by atomic mass is 10.2. The van der Waals surface area contributed by atoms with Gasteiger partial charge in [0.2, 0.25) is 0 Å². The summed E-state index contributed by atoms with van der Waals surface area (Å²) in [6.07, 6.45) is 4.39. The molecule has 0 unspecified atom stereocenters. The van der Waals surface area contributed by atoms with Crippen LogP contribution in [0.25, 0.3) is 0 Å². The van der Waals surface area contributed by atoms with Gasteiger partial charge in [-0.3, -0.25) is 9.78 Å². The lowest BCUT2D eigenvalue weighted by Crippen LogP contribution is -2.25. The third kappa shape index (κ3) is 4.22. The first-order chi connectivity index (χ1) is 8.15. The van der Waals surface area contributed by atoms with Gasteiger partial charge in [-0.05, 0) is 18.6 Å². The Balaban J connectivity index is 2.56. The summed E-state index contributed by atoms with van der Waals surface area (Å²) in [5.74, 6) is -1.39. The molecule has 2 N–H and O–H groups in total. The van der Waals surface area contributed by atoms with Gasteiger partial charge in [-0.25, -0.2) is 4.79 Å². The number of rotatable bonds is 6. The van der Waals surface area contributed by atoms with Gasteiger partial charge in [-0.15, -0.1) is 0 Å². The molecule has 1 aromatic rings. The second-order valence-corrected chi connectivity index (χ2v) is 3.70. The van der Waals surface area contributed by atoms with Crippen molar-refractivity contribution in [3.05, 3.63) is 29.6 Å². The van der Waals surface area contributed by atoms with Crippen molar-refractivity contribution in [2.24, 2.45) is 0 Å². The van der Waals surface area contributed by atoms with Gasteiger partial charge in [-0.2, -0.15) is 0 Å². The largest absolute Gasteiger partial charge is 0.478 e. The fraction of sp³-hybridized carbons (Fsp3) is 0.417. The van der Waals surface area contributed by atoms with Crippen LogP contribution in [-0.2, 0) is 0 Å². The number of unbranched alkanes of at least 4 members (excludes halogenated alkanes) is 2. The maximum Gasteiger partial charge on any atom is 0.335 e. The van der Waals surface area contributed by atoms with Crippen LogP contribution in [0.4, 0.5) is 0 Å². The minimum atomic E-state index is -1.06. The highest BCUT2D eigenvalue weighted by atomic mass is 16.4. The Morgan fingerprint density at radius 2 is 2.18 bits per heavy atom. The van der Waals surface area contributed by atoms with Crippen LogP contribution in [0.2, 0.25) is 0 Å². The Labute approximate surface area is 99.9 Å². The van der Waals surface area contributed by atoms with E-state index in [0.717, 1.165) is 19.3 Å². The Morgan fingerprint density at radius 1 is 1.41 bits per heavy atom. The van der Waals surface area contributed by atoms with Crippen molar-refractivity contribution >= 4 is 11.9 Å². The quantitative estimate of drug-likeness (QED) is 0.737. The fourth-order valence-corrected chi connectivity index (χ4v) is 1.36. The molecule has 0 radical (unpaired) electrons. The molecule has 5 heteroatoms. The predicted molar refractivity (Wildman–Crippen MR) is 63.1 cm³/mol. The molecule has 5 nitrogen and oxygen atoms in total. The van der Waals surface area contributed by atoms with Crippen LogP contribution in [-0.4, -0.2) is 28.5 Å². The van der Waals surface area contributed by atoms with E-state index in [1.54, 1.807) is 0 Å². The smallest absolute Gasteiger partial charge is 0.335 e. The zero-order chi connectivity index (χ0) is 12.7. The first-order valence-corrected chi connectivity index (χ1v) is 5.62. The lowest BCUT2D eigenvalue weighted by molar-refractivity contribution is 0.0696. The monoisotopic (exact) mass is 236 g/mol. The number of amides is 1. The number of carbonyl (C=O) groups is 2. The van der Waals surface area contributed by atoms with Gasteiger partial charge in [0, 0.05) is 12.7 Å². The summed E-state index contributed by atoms with van der Waals surface area (Å²) >= 11 is 0. The average Bonchev–Trinajstić information content (AvgIpc) is 2.34. The molecule has 0 aromatic carbocycles. The second kappa shape index (κ2) is 6.62. The number of hydrogen-bond donors (Lipinski definition) is 2. The third-order valence-electron chi connectivity index (χ3n) is 2.31. The lowest BCUT2D eigenvalue weighted by Gasteiger charge is -2.04. The number of nitrogens with one attached hydrogen (secondary N) is 1. The van der Waals surface area contributed by atoms with Crippen molar-refractivity contribution in [1.82, 2.24) is 10.3 Å². The molecule has 0 aliphatic rings. The Morgan fingerprint density at radius 3 is 2.82 bits per heavy atom. The highest BCUT2D eigenvalue weighted by Gasteiger charge is 2.09. The van der Waals surface area contributed by atoms with Gasteiger partial charge < -0.3 is 10.4 Å². The fourth-order valence-electron chi connectivity index (χ4n) is 1.36. The molecule has 1 aromatic heterocycles. The summed E-state index contributed by atoms with van der Waals surface area (Å²) in [6, 6.07) is 2.63. The summed E-state index contributed by atoms with van der Waals surface area (Å²) in [5.41, 5.74) is 0.208. The van der Waals surface area contributed by atoms with E-state index in [4.69, 9.17) is 5.11 Å². The van der Waals surface area contributed by atoms with Gasteiger partial charge in [0.15, 0.2) is 0 Å². The number of pyridine rings is 1. The zero-order valence-corrected chi connectivity index (χ0v) is 9.77. The maximum atomic E-state index is 11.6. The molecular weight excluding hydrogens is 220 g/mol. The molecule has 0 spiro atoms. The van der Waals surface area contributed by atoms with Crippen LogP contribution < -0.4 is 5.32 Å². The molecule has 1 heterocycles. The standard InChI is InChI=1S/C12H16N2O3/c1-2-3-4-6-14-11(15)10-8-9(12(16)17)5-7-13-10/h5,7-8H,2-4,6H2,1H3,(H,14,15)(H,16,17). The minimum Gasteiger partial charge on any atom is -0.478 e. The number of carbonyl (C=O) groups excluding carboxylic acids is 1. The zero-order valence-electron chi connectivity index (χ0n) is 9.77. The molecule has 0 fully saturated rings. The third-order valence-corrected chi connectivity index (χ3v) is 2.31. The number of aromatic nitrogens is 1. The van der Waals surface area contributed by atoms with Crippen molar-refractivity contribution in [1.29, 1.82) is 0 Å². The number of carboxylic acids is 1. The molecule has 92 valence electrons. The number of carboxylic acid groups (broad SMARTS) is 1. The highest BCUT2D eigenvalue weighted by Crippen LogP contribution is 2.02. The molecule has 0 aliphatic carbocycles. The van der Waals surface area contributed by atoms with Crippen LogP contribution in [0.15, 0.2) is 18.3 Å². The summed E-state index contributed by atoms with van der Waals surface area (Å²) in [5, 5.41) is 11.5. The number of aromatic carboxylic acids is 1. The molecule has 17 heavy (non-hydrogen) atoms. The van der Waals surface area contributed by atoms with Crippen molar-refractivity contribution in [3.8, 4) is 0 Å². The molecule has 1 rings (SSSR count). The van der Waals surface area contributed by atoms with E-state index >= 15 is 0 Å². The molecule has 0 bridgehead atoms. The topological polar surface area (TPSA) is 79.3 Å². The van der Waals surface area contributed by atoms with Crippen molar-refractivity contribution in [2.75, 3.05) is 6.54 Å². The number of hydrogen-bond acceptors (Lipinski definition) is 3. The molecule has 0 atom stereocenters. The molecule has 0 aliphatic heterocycles. The Bertz CT molecular complexity index is 404. The van der Waals surface area contributed by atoms with Gasteiger partial charge in [0.1, 0.15) is 5.69 Å². The summed E-state index contributed by atoms with van der Waals surface area (Å²) in [6.45, 7) is 2.67. The molecular formula is C12H16N2O3. The first-order valence-electron chi connectivity index (χ1n) is 5.62. The second-order valence-electron chi connectivity index (χ2n) is 3.70. The average molecular weight is 236 g/mol. The summed E-state index contributed by atoms with van der Waals surface area (Å²) in [4.78, 5) is 26.2. The van der Waals surface area contributed by atoms with Crippen molar-refractivity contribution < 1.29 is 14.7 Å². The minimum absolute atomic E-state index is 0.0682. The van der Waals surface area contributed by atoms with Crippen LogP contribution in [0.1, 0.15) is 47.0 Å². The Kier molecular flexibility index (Phi) is 5.13. The van der Waals surface area contributed by atoms with E-state index in [1.165, 1.54) is 18.3 Å². The van der Waals surface area contributed by atoms with Crippen LogP contribution in [0.5, 0.6) is 0 Å².